The fourth-order valence-corrected chi connectivity index (χ4v) is 1.39. The molecule has 0 aromatic carbocycles. The number of aromatic carboxylic acids is 1. The molecular formula is C12H14N2O2. The summed E-state index contributed by atoms with van der Waals surface area (Å²) in [7, 11) is 1.64. The molecule has 84 valence electrons. The van der Waals surface area contributed by atoms with Crippen LogP contribution in [0.5, 0.6) is 0 Å². The Labute approximate surface area is 94.3 Å². The summed E-state index contributed by atoms with van der Waals surface area (Å²) in [4.78, 5) is 15.1. The Balaban J connectivity index is 3.32. The first-order valence-electron chi connectivity index (χ1n) is 4.84. The van der Waals surface area contributed by atoms with Gasteiger partial charge in [-0.25, -0.2) is 9.78 Å². The highest BCUT2D eigenvalue weighted by atomic mass is 16.4. The minimum atomic E-state index is -1.00. The number of hydrogen-bond donors (Lipinski definition) is 2. The van der Waals surface area contributed by atoms with Crippen molar-refractivity contribution in [2.24, 2.45) is 0 Å². The van der Waals surface area contributed by atoms with E-state index >= 15 is 0 Å². The fraction of sp³-hybridized carbons (Fsp3) is 0.167. The van der Waals surface area contributed by atoms with E-state index in [1.807, 2.05) is 13.0 Å². The van der Waals surface area contributed by atoms with Crippen molar-refractivity contribution >= 4 is 17.4 Å². The molecule has 16 heavy (non-hydrogen) atoms. The quantitative estimate of drug-likeness (QED) is 0.762. The second-order valence-electron chi connectivity index (χ2n) is 3.12. The number of allylic oxidation sites excluding steroid dienone is 3. The van der Waals surface area contributed by atoms with Crippen molar-refractivity contribution < 1.29 is 9.90 Å². The fourth-order valence-electron chi connectivity index (χ4n) is 1.39. The number of anilines is 1. The topological polar surface area (TPSA) is 62.2 Å². The van der Waals surface area contributed by atoms with E-state index in [9.17, 15) is 4.79 Å². The number of carboxylic acid groups (broad SMARTS) is 1. The normalized spacial score (nSPS) is 11.0. The number of pyridine rings is 1. The van der Waals surface area contributed by atoms with Gasteiger partial charge in [0.1, 0.15) is 11.4 Å². The third kappa shape index (κ3) is 2.28. The third-order valence-electron chi connectivity index (χ3n) is 2.22. The van der Waals surface area contributed by atoms with E-state index in [4.69, 9.17) is 5.11 Å². The molecule has 0 aliphatic heterocycles. The summed E-state index contributed by atoms with van der Waals surface area (Å²) in [6, 6.07) is 1.58. The Morgan fingerprint density at radius 2 is 2.31 bits per heavy atom. The summed E-state index contributed by atoms with van der Waals surface area (Å²) in [6.07, 6.45) is 5.14. The largest absolute Gasteiger partial charge is 0.478 e. The van der Waals surface area contributed by atoms with Gasteiger partial charge in [-0.3, -0.25) is 0 Å². The lowest BCUT2D eigenvalue weighted by atomic mass is 10.1. The number of carbonyl (C=O) groups is 1. The SMILES string of the molecule is C=C/C(=C\C)c1cnc(NC)c(C(=O)O)c1. The number of nitrogens with one attached hydrogen (secondary N) is 1. The van der Waals surface area contributed by atoms with Gasteiger partial charge in [0.05, 0.1) is 0 Å². The van der Waals surface area contributed by atoms with E-state index in [1.165, 1.54) is 0 Å². The molecule has 4 nitrogen and oxygen atoms in total. The predicted molar refractivity (Wildman–Crippen MR) is 64.6 cm³/mol. The van der Waals surface area contributed by atoms with Crippen LogP contribution in [0.15, 0.2) is 31.0 Å². The molecule has 0 aliphatic rings. The zero-order chi connectivity index (χ0) is 12.1. The highest BCUT2D eigenvalue weighted by molar-refractivity contribution is 5.94. The van der Waals surface area contributed by atoms with Gasteiger partial charge in [-0.1, -0.05) is 18.7 Å². The predicted octanol–water partition coefficient (Wildman–Crippen LogP) is 2.41. The van der Waals surface area contributed by atoms with Crippen molar-refractivity contribution in [3.05, 3.63) is 42.1 Å². The zero-order valence-corrected chi connectivity index (χ0v) is 9.32. The smallest absolute Gasteiger partial charge is 0.339 e. The summed E-state index contributed by atoms with van der Waals surface area (Å²) in [5, 5.41) is 11.8. The molecule has 0 fully saturated rings. The van der Waals surface area contributed by atoms with Crippen LogP contribution in [0.25, 0.3) is 5.57 Å². The molecule has 4 heteroatoms. The highest BCUT2D eigenvalue weighted by Crippen LogP contribution is 2.20. The zero-order valence-electron chi connectivity index (χ0n) is 9.32. The van der Waals surface area contributed by atoms with Crippen molar-refractivity contribution in [1.29, 1.82) is 0 Å². The lowest BCUT2D eigenvalue weighted by Gasteiger charge is -2.07. The number of aromatic nitrogens is 1. The van der Waals surface area contributed by atoms with Crippen LogP contribution in [0.3, 0.4) is 0 Å². The maximum atomic E-state index is 11.0. The molecule has 1 aromatic heterocycles. The lowest BCUT2D eigenvalue weighted by Crippen LogP contribution is -2.05. The summed E-state index contributed by atoms with van der Waals surface area (Å²) in [5.74, 6) is -0.644. The number of rotatable bonds is 4. The van der Waals surface area contributed by atoms with Gasteiger partial charge in [0.2, 0.25) is 0 Å². The van der Waals surface area contributed by atoms with Crippen LogP contribution in [0.2, 0.25) is 0 Å². The maximum Gasteiger partial charge on any atom is 0.339 e. The summed E-state index contributed by atoms with van der Waals surface area (Å²) >= 11 is 0. The minimum absolute atomic E-state index is 0.154. The van der Waals surface area contributed by atoms with Crippen LogP contribution in [0.1, 0.15) is 22.8 Å². The van der Waals surface area contributed by atoms with Crippen molar-refractivity contribution in [2.45, 2.75) is 6.92 Å². The van der Waals surface area contributed by atoms with E-state index in [-0.39, 0.29) is 5.56 Å². The van der Waals surface area contributed by atoms with Crippen LogP contribution in [0.4, 0.5) is 5.82 Å². The Bertz CT molecular complexity index is 450. The Hall–Kier alpha value is -2.10. The van der Waals surface area contributed by atoms with Crippen molar-refractivity contribution in [3.63, 3.8) is 0 Å². The average molecular weight is 218 g/mol. The van der Waals surface area contributed by atoms with Crippen LogP contribution in [-0.4, -0.2) is 23.1 Å². The molecule has 1 heterocycles. The molecule has 1 aromatic rings. The lowest BCUT2D eigenvalue weighted by molar-refractivity contribution is 0.0697. The van der Waals surface area contributed by atoms with Crippen molar-refractivity contribution in [3.8, 4) is 0 Å². The molecule has 0 saturated carbocycles. The van der Waals surface area contributed by atoms with E-state index < -0.39 is 5.97 Å². The summed E-state index contributed by atoms with van der Waals surface area (Å²) in [6.45, 7) is 5.53. The minimum Gasteiger partial charge on any atom is -0.478 e. The Morgan fingerprint density at radius 1 is 1.62 bits per heavy atom. The molecule has 0 radical (unpaired) electrons. The molecule has 0 bridgehead atoms. The number of hydrogen-bond acceptors (Lipinski definition) is 3. The second kappa shape index (κ2) is 5.11. The van der Waals surface area contributed by atoms with Crippen LogP contribution < -0.4 is 5.32 Å². The average Bonchev–Trinajstić information content (AvgIpc) is 2.30. The van der Waals surface area contributed by atoms with E-state index in [2.05, 4.69) is 16.9 Å². The van der Waals surface area contributed by atoms with Gasteiger partial charge >= 0.3 is 5.97 Å². The van der Waals surface area contributed by atoms with Gasteiger partial charge in [0, 0.05) is 18.8 Å². The van der Waals surface area contributed by atoms with Gasteiger partial charge in [-0.15, -0.1) is 0 Å². The Kier molecular flexibility index (Phi) is 3.83. The summed E-state index contributed by atoms with van der Waals surface area (Å²) in [5.41, 5.74) is 1.76. The van der Waals surface area contributed by atoms with Crippen LogP contribution >= 0.6 is 0 Å². The molecule has 0 spiro atoms. The molecular weight excluding hydrogens is 204 g/mol. The molecule has 0 saturated heterocycles. The van der Waals surface area contributed by atoms with Gasteiger partial charge in [-0.2, -0.15) is 0 Å². The standard InChI is InChI=1S/C12H14N2O2/c1-4-8(5-2)9-6-10(12(15)16)11(13-3)14-7-9/h4-7H,1H2,2-3H3,(H,13,14)(H,15,16)/b8-5+. The van der Waals surface area contributed by atoms with Crippen molar-refractivity contribution in [2.75, 3.05) is 12.4 Å². The van der Waals surface area contributed by atoms with E-state index in [0.717, 1.165) is 11.1 Å². The van der Waals surface area contributed by atoms with E-state index in [1.54, 1.807) is 25.4 Å². The molecule has 1 rings (SSSR count). The van der Waals surface area contributed by atoms with E-state index in [0.29, 0.717) is 5.82 Å². The Morgan fingerprint density at radius 3 is 2.75 bits per heavy atom. The van der Waals surface area contributed by atoms with Gasteiger partial charge in [0.15, 0.2) is 0 Å². The van der Waals surface area contributed by atoms with Gasteiger partial charge < -0.3 is 10.4 Å². The second-order valence-corrected chi connectivity index (χ2v) is 3.12. The number of carboxylic acids is 1. The molecule has 0 amide bonds. The molecule has 0 unspecified atom stereocenters. The molecule has 2 N–H and O–H groups in total. The number of nitrogens with zero attached hydrogens (tertiary/aromatic N) is 1. The first-order valence-corrected chi connectivity index (χ1v) is 4.84. The first-order chi connectivity index (χ1) is 7.63. The third-order valence-corrected chi connectivity index (χ3v) is 2.22. The monoisotopic (exact) mass is 218 g/mol. The van der Waals surface area contributed by atoms with Crippen molar-refractivity contribution in [1.82, 2.24) is 4.98 Å². The first kappa shape index (κ1) is 12.0. The molecule has 0 aliphatic carbocycles. The highest BCUT2D eigenvalue weighted by Gasteiger charge is 2.12. The van der Waals surface area contributed by atoms with Crippen LogP contribution in [0, 0.1) is 0 Å². The maximum absolute atomic E-state index is 11.0. The van der Waals surface area contributed by atoms with Crippen LogP contribution in [-0.2, 0) is 0 Å². The molecule has 0 atom stereocenters. The van der Waals surface area contributed by atoms with Gasteiger partial charge in [-0.05, 0) is 18.6 Å². The summed E-state index contributed by atoms with van der Waals surface area (Å²) < 4.78 is 0. The van der Waals surface area contributed by atoms with Gasteiger partial charge in [0.25, 0.3) is 0 Å².